The fourth-order valence-corrected chi connectivity index (χ4v) is 7.34. The molecular formula is C27H50. The number of hydrogen-bond acceptors (Lipinski definition) is 0. The van der Waals surface area contributed by atoms with Crippen molar-refractivity contribution in [2.24, 2.45) is 46.3 Å². The molecule has 0 aromatic rings. The molecule has 3 aliphatic carbocycles. The molecule has 158 valence electrons. The Morgan fingerprint density at radius 2 is 1.63 bits per heavy atom. The van der Waals surface area contributed by atoms with Crippen molar-refractivity contribution in [2.75, 3.05) is 0 Å². The molecule has 0 amide bonds. The van der Waals surface area contributed by atoms with E-state index in [9.17, 15) is 0 Å². The van der Waals surface area contributed by atoms with Crippen LogP contribution in [0.5, 0.6) is 0 Å². The van der Waals surface area contributed by atoms with E-state index in [1.807, 2.05) is 0 Å². The molecule has 0 radical (unpaired) electrons. The van der Waals surface area contributed by atoms with Gasteiger partial charge in [-0.1, -0.05) is 60.5 Å². The van der Waals surface area contributed by atoms with Gasteiger partial charge in [0.2, 0.25) is 0 Å². The zero-order valence-electron chi connectivity index (χ0n) is 20.0. The maximum Gasteiger partial charge on any atom is -0.0266 e. The van der Waals surface area contributed by atoms with E-state index < -0.39 is 0 Å². The smallest absolute Gasteiger partial charge is 0.0266 e. The lowest BCUT2D eigenvalue weighted by molar-refractivity contribution is -0.0951. The molecule has 3 rings (SSSR count). The van der Waals surface area contributed by atoms with Gasteiger partial charge >= 0.3 is 0 Å². The van der Waals surface area contributed by atoms with E-state index in [0.717, 1.165) is 35.5 Å². The minimum absolute atomic E-state index is 0.563. The molecule has 0 saturated heterocycles. The van der Waals surface area contributed by atoms with Crippen LogP contribution in [-0.2, 0) is 0 Å². The highest BCUT2D eigenvalue weighted by molar-refractivity contribution is 5.08. The summed E-state index contributed by atoms with van der Waals surface area (Å²) in [5.74, 6) is 5.78. The van der Waals surface area contributed by atoms with E-state index in [0.29, 0.717) is 10.8 Å². The first-order chi connectivity index (χ1) is 12.6. The topological polar surface area (TPSA) is 0 Å². The summed E-state index contributed by atoms with van der Waals surface area (Å²) in [4.78, 5) is 0. The molecule has 3 saturated carbocycles. The second-order valence-electron chi connectivity index (χ2n) is 11.8. The van der Waals surface area contributed by atoms with Crippen LogP contribution < -0.4 is 0 Å². The van der Waals surface area contributed by atoms with Crippen molar-refractivity contribution in [3.05, 3.63) is 12.2 Å². The summed E-state index contributed by atoms with van der Waals surface area (Å²) in [5, 5.41) is 0. The van der Waals surface area contributed by atoms with Crippen LogP contribution in [0.1, 0.15) is 113 Å². The zero-order valence-corrected chi connectivity index (χ0v) is 20.0. The molecule has 0 aromatic heterocycles. The summed E-state index contributed by atoms with van der Waals surface area (Å²) in [7, 11) is 0. The first-order valence-electron chi connectivity index (χ1n) is 12.2. The quantitative estimate of drug-likeness (QED) is 0.431. The van der Waals surface area contributed by atoms with E-state index in [4.69, 9.17) is 0 Å². The normalized spacial score (nSPS) is 43.5. The first kappa shape index (κ1) is 23.0. The second kappa shape index (κ2) is 9.04. The van der Waals surface area contributed by atoms with Crippen LogP contribution in [0, 0.1) is 46.3 Å². The summed E-state index contributed by atoms with van der Waals surface area (Å²) >= 11 is 0. The molecule has 0 heteroatoms. The van der Waals surface area contributed by atoms with Gasteiger partial charge in [-0.2, -0.15) is 0 Å². The van der Waals surface area contributed by atoms with Gasteiger partial charge < -0.3 is 0 Å². The predicted molar refractivity (Wildman–Crippen MR) is 122 cm³/mol. The van der Waals surface area contributed by atoms with Crippen LogP contribution in [0.15, 0.2) is 12.2 Å². The van der Waals surface area contributed by atoms with Gasteiger partial charge in [-0.25, -0.2) is 0 Å². The van der Waals surface area contributed by atoms with E-state index in [2.05, 4.69) is 62.0 Å². The van der Waals surface area contributed by atoms with Crippen LogP contribution in [0.25, 0.3) is 0 Å². The lowest BCUT2D eigenvalue weighted by Crippen LogP contribution is -2.51. The van der Waals surface area contributed by atoms with Gasteiger partial charge in [0.1, 0.15) is 0 Å². The monoisotopic (exact) mass is 374 g/mol. The third kappa shape index (κ3) is 4.67. The molecule has 3 aliphatic rings. The van der Waals surface area contributed by atoms with Gasteiger partial charge in [-0.15, -0.1) is 6.58 Å². The lowest BCUT2D eigenvalue weighted by Gasteiger charge is -2.59. The fraction of sp³-hybridized carbons (Fsp3) is 0.926. The summed E-state index contributed by atoms with van der Waals surface area (Å²) in [6.45, 7) is 23.2. The van der Waals surface area contributed by atoms with Gasteiger partial charge in [0, 0.05) is 0 Å². The molecule has 27 heavy (non-hydrogen) atoms. The number of allylic oxidation sites excluding steroid dienone is 1. The van der Waals surface area contributed by atoms with Crippen molar-refractivity contribution >= 4 is 0 Å². The largest absolute Gasteiger partial charge is 0.100 e. The van der Waals surface area contributed by atoms with Crippen molar-refractivity contribution in [3.63, 3.8) is 0 Å². The zero-order chi connectivity index (χ0) is 20.4. The Balaban J connectivity index is 0.000000596. The summed E-state index contributed by atoms with van der Waals surface area (Å²) in [5.41, 5.74) is 2.62. The Morgan fingerprint density at radius 1 is 1.00 bits per heavy atom. The average Bonchev–Trinajstić information content (AvgIpc) is 2.92. The number of rotatable bonds is 4. The van der Waals surface area contributed by atoms with E-state index in [1.165, 1.54) is 63.4 Å². The Hall–Kier alpha value is -0.260. The molecule has 7 atom stereocenters. The molecule has 0 spiro atoms. The molecule has 7 unspecified atom stereocenters. The van der Waals surface area contributed by atoms with E-state index in [-0.39, 0.29) is 0 Å². The Morgan fingerprint density at radius 3 is 2.19 bits per heavy atom. The van der Waals surface area contributed by atoms with Crippen LogP contribution >= 0.6 is 0 Å². The molecule has 0 N–H and O–H groups in total. The lowest BCUT2D eigenvalue weighted by atomic mass is 9.46. The van der Waals surface area contributed by atoms with Crippen molar-refractivity contribution in [3.8, 4) is 0 Å². The first-order valence-corrected chi connectivity index (χ1v) is 12.2. The van der Waals surface area contributed by atoms with Gasteiger partial charge in [0.05, 0.1) is 0 Å². The molecule has 0 bridgehead atoms. The molecular weight excluding hydrogens is 324 g/mol. The Labute approximate surface area is 172 Å². The van der Waals surface area contributed by atoms with Crippen molar-refractivity contribution in [2.45, 2.75) is 113 Å². The highest BCUT2D eigenvalue weighted by atomic mass is 14.6. The highest BCUT2D eigenvalue weighted by Gasteiger charge is 2.58. The maximum atomic E-state index is 4.18. The third-order valence-corrected chi connectivity index (χ3v) is 9.12. The standard InChI is InChI=1S/C23H40.C4H10/c1-7-18-9-11-20-19-10-8-17(4)22(5,14-12-16(2)3)21(19)13-15-23(18,20)6;1-4(2)3/h17-21H,2,7-15H2,1,3-6H3;4H,1-3H3. The number of hydrogen-bond donors (Lipinski definition) is 0. The molecule has 0 heterocycles. The minimum Gasteiger partial charge on any atom is -0.100 e. The molecule has 0 aliphatic heterocycles. The van der Waals surface area contributed by atoms with E-state index in [1.54, 1.807) is 0 Å². The Bertz CT molecular complexity index is 486. The van der Waals surface area contributed by atoms with Gasteiger partial charge in [0.25, 0.3) is 0 Å². The number of fused-ring (bicyclic) bond motifs is 3. The molecule has 0 aromatic carbocycles. The summed E-state index contributed by atoms with van der Waals surface area (Å²) < 4.78 is 0. The van der Waals surface area contributed by atoms with E-state index >= 15 is 0 Å². The van der Waals surface area contributed by atoms with Crippen molar-refractivity contribution < 1.29 is 0 Å². The SMILES string of the molecule is C=C(C)CCC1(C)C(C)CCC2C1CCC1(C)C(CC)CCC21.CC(C)C. The third-order valence-electron chi connectivity index (χ3n) is 9.12. The van der Waals surface area contributed by atoms with Crippen LogP contribution in [0.2, 0.25) is 0 Å². The Kier molecular flexibility index (Phi) is 7.71. The van der Waals surface area contributed by atoms with Crippen LogP contribution in [0.3, 0.4) is 0 Å². The second-order valence-corrected chi connectivity index (χ2v) is 11.8. The van der Waals surface area contributed by atoms with Crippen molar-refractivity contribution in [1.29, 1.82) is 0 Å². The van der Waals surface area contributed by atoms with Crippen LogP contribution in [-0.4, -0.2) is 0 Å². The molecule has 3 fully saturated rings. The fourth-order valence-electron chi connectivity index (χ4n) is 7.34. The minimum atomic E-state index is 0.563. The van der Waals surface area contributed by atoms with Gasteiger partial charge in [-0.05, 0) is 105 Å². The predicted octanol–water partition coefficient (Wildman–Crippen LogP) is 8.91. The maximum absolute atomic E-state index is 4.18. The van der Waals surface area contributed by atoms with Crippen LogP contribution in [0.4, 0.5) is 0 Å². The highest BCUT2D eigenvalue weighted by Crippen LogP contribution is 2.66. The molecule has 0 nitrogen and oxygen atoms in total. The van der Waals surface area contributed by atoms with Crippen molar-refractivity contribution in [1.82, 2.24) is 0 Å². The van der Waals surface area contributed by atoms with Gasteiger partial charge in [-0.3, -0.25) is 0 Å². The van der Waals surface area contributed by atoms with Gasteiger partial charge in [0.15, 0.2) is 0 Å². The average molecular weight is 375 g/mol. The summed E-state index contributed by atoms with van der Waals surface area (Å²) in [6, 6.07) is 0. The summed E-state index contributed by atoms with van der Waals surface area (Å²) in [6.07, 6.45) is 13.1.